The van der Waals surface area contributed by atoms with Crippen molar-refractivity contribution in [3.05, 3.63) is 28.8 Å². The number of benzene rings is 1. The van der Waals surface area contributed by atoms with Crippen molar-refractivity contribution in [3.63, 3.8) is 0 Å². The molecule has 0 aliphatic carbocycles. The van der Waals surface area contributed by atoms with Crippen LogP contribution in [0.5, 0.6) is 0 Å². The average molecular weight is 289 g/mol. The molecule has 1 aromatic carbocycles. The first-order chi connectivity index (χ1) is 8.49. The summed E-state index contributed by atoms with van der Waals surface area (Å²) in [5, 5.41) is 0.741. The number of anilines is 1. The summed E-state index contributed by atoms with van der Waals surface area (Å²) in [7, 11) is 4.18. The van der Waals surface area contributed by atoms with Crippen LogP contribution in [0.1, 0.15) is 19.4 Å². The summed E-state index contributed by atoms with van der Waals surface area (Å²) in [6, 6.07) is 6.39. The van der Waals surface area contributed by atoms with Crippen LogP contribution in [0.25, 0.3) is 0 Å². The molecular formula is C14H22Cl2N2. The molecule has 2 nitrogen and oxygen atoms in total. The lowest BCUT2D eigenvalue weighted by molar-refractivity contribution is 0.373. The first kappa shape index (κ1) is 15.6. The molecule has 0 fully saturated rings. The van der Waals surface area contributed by atoms with Crippen LogP contribution in [0, 0.1) is 0 Å². The van der Waals surface area contributed by atoms with Crippen LogP contribution in [-0.2, 0) is 5.88 Å². The fourth-order valence-corrected chi connectivity index (χ4v) is 2.70. The third-order valence-corrected chi connectivity index (χ3v) is 3.52. The minimum atomic E-state index is 0.438. The minimum absolute atomic E-state index is 0.438. The molecule has 0 spiro atoms. The topological polar surface area (TPSA) is 6.48 Å². The van der Waals surface area contributed by atoms with Gasteiger partial charge in [0.15, 0.2) is 0 Å². The van der Waals surface area contributed by atoms with E-state index in [1.807, 2.05) is 12.1 Å². The molecule has 18 heavy (non-hydrogen) atoms. The van der Waals surface area contributed by atoms with Gasteiger partial charge < -0.3 is 9.80 Å². The van der Waals surface area contributed by atoms with Gasteiger partial charge in [0.05, 0.1) is 0 Å². The van der Waals surface area contributed by atoms with Crippen molar-refractivity contribution in [1.29, 1.82) is 0 Å². The summed E-state index contributed by atoms with van der Waals surface area (Å²) in [6.07, 6.45) is 0. The van der Waals surface area contributed by atoms with Crippen molar-refractivity contribution >= 4 is 28.9 Å². The van der Waals surface area contributed by atoms with Gasteiger partial charge in [-0.25, -0.2) is 0 Å². The fourth-order valence-electron chi connectivity index (χ4n) is 2.29. The van der Waals surface area contributed by atoms with Crippen LogP contribution >= 0.6 is 23.2 Å². The van der Waals surface area contributed by atoms with Crippen LogP contribution in [0.2, 0.25) is 5.02 Å². The first-order valence-electron chi connectivity index (χ1n) is 6.25. The highest BCUT2D eigenvalue weighted by Crippen LogP contribution is 2.27. The van der Waals surface area contributed by atoms with E-state index in [9.17, 15) is 0 Å². The van der Waals surface area contributed by atoms with Gasteiger partial charge in [0.1, 0.15) is 0 Å². The van der Waals surface area contributed by atoms with Gasteiger partial charge in [-0.15, -0.1) is 11.6 Å². The highest BCUT2D eigenvalue weighted by Gasteiger charge is 2.16. The van der Waals surface area contributed by atoms with Gasteiger partial charge in [0.25, 0.3) is 0 Å². The maximum atomic E-state index is 6.02. The summed E-state index contributed by atoms with van der Waals surface area (Å²) in [4.78, 5) is 4.57. The SMILES string of the molecule is CCN(c1ccc(Cl)cc1CCl)C(C)CN(C)C. The zero-order valence-corrected chi connectivity index (χ0v) is 13.1. The molecule has 0 amide bonds. The Morgan fingerprint density at radius 3 is 2.44 bits per heavy atom. The summed E-state index contributed by atoms with van der Waals surface area (Å²) < 4.78 is 0. The molecule has 0 aliphatic rings. The van der Waals surface area contributed by atoms with E-state index in [4.69, 9.17) is 23.2 Å². The van der Waals surface area contributed by atoms with Gasteiger partial charge in [-0.2, -0.15) is 0 Å². The third kappa shape index (κ3) is 4.04. The quantitative estimate of drug-likeness (QED) is 0.734. The number of likely N-dealkylation sites (N-methyl/N-ethyl adjacent to an activating group) is 2. The molecule has 0 aromatic heterocycles. The van der Waals surface area contributed by atoms with Gasteiger partial charge >= 0.3 is 0 Å². The normalized spacial score (nSPS) is 12.8. The molecular weight excluding hydrogens is 267 g/mol. The summed E-state index contributed by atoms with van der Waals surface area (Å²) >= 11 is 12.0. The van der Waals surface area contributed by atoms with Gasteiger partial charge in [-0.1, -0.05) is 11.6 Å². The summed E-state index contributed by atoms with van der Waals surface area (Å²) in [6.45, 7) is 6.37. The van der Waals surface area contributed by atoms with Crippen LogP contribution in [0.3, 0.4) is 0 Å². The molecule has 1 rings (SSSR count). The fraction of sp³-hybridized carbons (Fsp3) is 0.571. The second-order valence-corrected chi connectivity index (χ2v) is 5.51. The van der Waals surface area contributed by atoms with E-state index in [0.717, 1.165) is 23.7 Å². The monoisotopic (exact) mass is 288 g/mol. The third-order valence-electron chi connectivity index (χ3n) is 3.00. The molecule has 0 saturated heterocycles. The Morgan fingerprint density at radius 1 is 1.28 bits per heavy atom. The lowest BCUT2D eigenvalue weighted by Gasteiger charge is -2.33. The lowest BCUT2D eigenvalue weighted by atomic mass is 10.1. The standard InChI is InChI=1S/C14H22Cl2N2/c1-5-18(11(2)10-17(3)4)14-7-6-13(16)8-12(14)9-15/h6-8,11H,5,9-10H2,1-4H3. The summed E-state index contributed by atoms with van der Waals surface area (Å²) in [5.74, 6) is 0.487. The van der Waals surface area contributed by atoms with Crippen LogP contribution < -0.4 is 4.90 Å². The number of nitrogens with zero attached hydrogens (tertiary/aromatic N) is 2. The maximum absolute atomic E-state index is 6.02. The maximum Gasteiger partial charge on any atom is 0.0495 e. The van der Waals surface area contributed by atoms with E-state index in [1.165, 1.54) is 5.69 Å². The molecule has 0 radical (unpaired) electrons. The molecule has 0 N–H and O–H groups in total. The molecule has 0 heterocycles. The summed E-state index contributed by atoms with van der Waals surface area (Å²) in [5.41, 5.74) is 2.28. The van der Waals surface area contributed by atoms with E-state index in [1.54, 1.807) is 0 Å². The second kappa shape index (κ2) is 7.22. The van der Waals surface area contributed by atoms with Gasteiger partial charge in [0, 0.05) is 35.7 Å². The Kier molecular flexibility index (Phi) is 6.27. The highest BCUT2D eigenvalue weighted by atomic mass is 35.5. The number of hydrogen-bond donors (Lipinski definition) is 0. The number of rotatable bonds is 6. The molecule has 0 saturated carbocycles. The van der Waals surface area contributed by atoms with Crippen molar-refractivity contribution in [2.45, 2.75) is 25.8 Å². The molecule has 1 aromatic rings. The minimum Gasteiger partial charge on any atom is -0.368 e. The Morgan fingerprint density at radius 2 is 1.94 bits per heavy atom. The molecule has 0 aliphatic heterocycles. The first-order valence-corrected chi connectivity index (χ1v) is 7.16. The molecule has 0 bridgehead atoms. The molecule has 4 heteroatoms. The van der Waals surface area contributed by atoms with Gasteiger partial charge in [0.2, 0.25) is 0 Å². The van der Waals surface area contributed by atoms with Crippen molar-refractivity contribution in [2.75, 3.05) is 32.1 Å². The van der Waals surface area contributed by atoms with E-state index >= 15 is 0 Å². The van der Waals surface area contributed by atoms with E-state index in [2.05, 4.69) is 43.8 Å². The number of alkyl halides is 1. The Labute approximate surface area is 120 Å². The Bertz CT molecular complexity index is 380. The van der Waals surface area contributed by atoms with E-state index in [-0.39, 0.29) is 0 Å². The lowest BCUT2D eigenvalue weighted by Crippen LogP contribution is -2.40. The zero-order valence-electron chi connectivity index (χ0n) is 11.6. The molecule has 1 unspecified atom stereocenters. The second-order valence-electron chi connectivity index (χ2n) is 4.80. The van der Waals surface area contributed by atoms with Gasteiger partial charge in [-0.3, -0.25) is 0 Å². The van der Waals surface area contributed by atoms with Crippen molar-refractivity contribution in [3.8, 4) is 0 Å². The Balaban J connectivity index is 3.00. The molecule has 1 atom stereocenters. The predicted octanol–water partition coefficient (Wildman–Crippen LogP) is 3.86. The van der Waals surface area contributed by atoms with Crippen LogP contribution in [0.4, 0.5) is 5.69 Å². The predicted molar refractivity (Wildman–Crippen MR) is 82.0 cm³/mol. The van der Waals surface area contributed by atoms with Crippen molar-refractivity contribution in [2.24, 2.45) is 0 Å². The van der Waals surface area contributed by atoms with Crippen molar-refractivity contribution < 1.29 is 0 Å². The van der Waals surface area contributed by atoms with Crippen LogP contribution in [0.15, 0.2) is 18.2 Å². The van der Waals surface area contributed by atoms with Crippen LogP contribution in [-0.4, -0.2) is 38.1 Å². The van der Waals surface area contributed by atoms with Crippen molar-refractivity contribution in [1.82, 2.24) is 4.90 Å². The molecule has 102 valence electrons. The number of halogens is 2. The van der Waals surface area contributed by atoms with E-state index in [0.29, 0.717) is 11.9 Å². The number of hydrogen-bond acceptors (Lipinski definition) is 2. The Hall–Kier alpha value is -0.440. The average Bonchev–Trinajstić information content (AvgIpc) is 2.30. The van der Waals surface area contributed by atoms with E-state index < -0.39 is 0 Å². The zero-order chi connectivity index (χ0) is 13.7. The largest absolute Gasteiger partial charge is 0.368 e. The highest BCUT2D eigenvalue weighted by molar-refractivity contribution is 6.30. The smallest absolute Gasteiger partial charge is 0.0495 e. The van der Waals surface area contributed by atoms with Gasteiger partial charge in [-0.05, 0) is 51.7 Å².